The third kappa shape index (κ3) is 6.55. The second-order valence-electron chi connectivity index (χ2n) is 11.3. The van der Waals surface area contributed by atoms with Crippen LogP contribution >= 0.6 is 11.6 Å². The molecule has 3 unspecified atom stereocenters. The van der Waals surface area contributed by atoms with E-state index in [9.17, 15) is 14.0 Å². The highest BCUT2D eigenvalue weighted by Gasteiger charge is 2.34. The number of H-pyrrole nitrogens is 1. The Balaban J connectivity index is 1.23. The van der Waals surface area contributed by atoms with Crippen molar-refractivity contribution in [1.82, 2.24) is 9.88 Å². The minimum atomic E-state index is -0.381. The van der Waals surface area contributed by atoms with Crippen LogP contribution in [0.3, 0.4) is 0 Å². The number of nitrogens with zero attached hydrogens (tertiary/aromatic N) is 1. The first-order valence-corrected chi connectivity index (χ1v) is 15.1. The second kappa shape index (κ2) is 12.8. The van der Waals surface area contributed by atoms with Crippen LogP contribution in [0.4, 0.5) is 4.39 Å². The van der Waals surface area contributed by atoms with Crippen molar-refractivity contribution in [3.05, 3.63) is 94.4 Å². The van der Waals surface area contributed by atoms with Crippen LogP contribution in [0.5, 0.6) is 11.5 Å². The SMILES string of the molecule is CC(C(=O)Oc1ccc(F)cc1)C1CCc2c([nH]c3ccc(Cl)cc23)C(c2ccc(OCC(=O)N3CCOCC3)cc2)C1. The molecule has 0 bridgehead atoms. The highest BCUT2D eigenvalue weighted by molar-refractivity contribution is 6.31. The second-order valence-corrected chi connectivity index (χ2v) is 11.7. The summed E-state index contributed by atoms with van der Waals surface area (Å²) in [5.74, 6) is -0.168. The molecule has 7 nitrogen and oxygen atoms in total. The molecular formula is C34H34ClFN2O5. The standard InChI is InChI=1S/C34H34ClFN2O5/c1-21(34(40)43-27-10-6-25(36)7-11-27)23-4-12-28-30-19-24(35)5-13-31(30)37-33(28)29(18-23)22-2-8-26(9-3-22)42-20-32(39)38-14-16-41-17-15-38/h2-3,5-11,13,19,21,23,29,37H,4,12,14-18,20H2,1H3. The summed E-state index contributed by atoms with van der Waals surface area (Å²) in [4.78, 5) is 31.2. The molecule has 9 heteroatoms. The number of fused-ring (bicyclic) bond motifs is 3. The van der Waals surface area contributed by atoms with Crippen LogP contribution < -0.4 is 9.47 Å². The molecule has 1 saturated heterocycles. The average Bonchev–Trinajstić information content (AvgIpc) is 3.27. The fourth-order valence-corrected chi connectivity index (χ4v) is 6.35. The van der Waals surface area contributed by atoms with Gasteiger partial charge in [-0.2, -0.15) is 0 Å². The number of hydrogen-bond donors (Lipinski definition) is 1. The van der Waals surface area contributed by atoms with Crippen molar-refractivity contribution >= 4 is 34.4 Å². The Labute approximate surface area is 254 Å². The van der Waals surface area contributed by atoms with Gasteiger partial charge in [0, 0.05) is 40.6 Å². The number of aryl methyl sites for hydroxylation is 1. The van der Waals surface area contributed by atoms with E-state index in [4.69, 9.17) is 25.8 Å². The van der Waals surface area contributed by atoms with Crippen molar-refractivity contribution in [3.63, 3.8) is 0 Å². The van der Waals surface area contributed by atoms with E-state index in [0.29, 0.717) is 42.8 Å². The summed E-state index contributed by atoms with van der Waals surface area (Å²) in [6.07, 6.45) is 2.31. The lowest BCUT2D eigenvalue weighted by molar-refractivity contribution is -0.140. The summed E-state index contributed by atoms with van der Waals surface area (Å²) in [5.41, 5.74) is 4.44. The molecule has 43 heavy (non-hydrogen) atoms. The van der Waals surface area contributed by atoms with Gasteiger partial charge in [-0.1, -0.05) is 30.7 Å². The van der Waals surface area contributed by atoms with Gasteiger partial charge in [0.2, 0.25) is 0 Å². The van der Waals surface area contributed by atoms with Crippen LogP contribution in [-0.2, 0) is 20.7 Å². The molecule has 2 aliphatic rings. The average molecular weight is 605 g/mol. The zero-order chi connectivity index (χ0) is 29.9. The Kier molecular flexibility index (Phi) is 8.68. The Morgan fingerprint density at radius 3 is 2.51 bits per heavy atom. The zero-order valence-corrected chi connectivity index (χ0v) is 24.7. The number of halogens is 2. The molecule has 0 spiro atoms. The van der Waals surface area contributed by atoms with E-state index >= 15 is 0 Å². The van der Waals surface area contributed by atoms with Crippen molar-refractivity contribution in [1.29, 1.82) is 0 Å². The van der Waals surface area contributed by atoms with E-state index in [1.807, 2.05) is 49.4 Å². The predicted octanol–water partition coefficient (Wildman–Crippen LogP) is 6.52. The smallest absolute Gasteiger partial charge is 0.314 e. The lowest BCUT2D eigenvalue weighted by atomic mass is 9.81. The number of morpholine rings is 1. The number of nitrogens with one attached hydrogen (secondary N) is 1. The zero-order valence-electron chi connectivity index (χ0n) is 24.0. The number of rotatable bonds is 7. The van der Waals surface area contributed by atoms with Gasteiger partial charge in [0.15, 0.2) is 6.61 Å². The minimum absolute atomic E-state index is 0.0150. The van der Waals surface area contributed by atoms with Gasteiger partial charge in [0.1, 0.15) is 17.3 Å². The molecular weight excluding hydrogens is 571 g/mol. The molecule has 1 aromatic heterocycles. The van der Waals surface area contributed by atoms with Crippen LogP contribution in [0.1, 0.15) is 42.5 Å². The first-order chi connectivity index (χ1) is 20.9. The third-order valence-corrected chi connectivity index (χ3v) is 8.91. The lowest BCUT2D eigenvalue weighted by Gasteiger charge is -2.26. The van der Waals surface area contributed by atoms with Gasteiger partial charge in [0.05, 0.1) is 19.1 Å². The topological polar surface area (TPSA) is 80.9 Å². The Hall–Kier alpha value is -3.88. The van der Waals surface area contributed by atoms with E-state index in [0.717, 1.165) is 41.4 Å². The number of amides is 1. The van der Waals surface area contributed by atoms with Crippen LogP contribution in [0.25, 0.3) is 10.9 Å². The summed E-state index contributed by atoms with van der Waals surface area (Å²) in [6.45, 7) is 4.15. The fourth-order valence-electron chi connectivity index (χ4n) is 6.18. The van der Waals surface area contributed by atoms with Crippen molar-refractivity contribution in [2.24, 2.45) is 11.8 Å². The van der Waals surface area contributed by atoms with Crippen LogP contribution in [0, 0.1) is 17.7 Å². The molecule has 0 saturated carbocycles. The summed E-state index contributed by atoms with van der Waals surface area (Å²) >= 11 is 6.39. The lowest BCUT2D eigenvalue weighted by Crippen LogP contribution is -2.42. The van der Waals surface area contributed by atoms with Crippen molar-refractivity contribution < 1.29 is 28.2 Å². The molecule has 224 valence electrons. The summed E-state index contributed by atoms with van der Waals surface area (Å²) < 4.78 is 30.1. The number of carbonyl (C=O) groups is 2. The first kappa shape index (κ1) is 29.2. The Morgan fingerprint density at radius 1 is 1.05 bits per heavy atom. The summed E-state index contributed by atoms with van der Waals surface area (Å²) in [6, 6.07) is 19.2. The molecule has 2 heterocycles. The number of benzene rings is 3. The molecule has 1 aliphatic carbocycles. The van der Waals surface area contributed by atoms with E-state index in [1.54, 1.807) is 4.90 Å². The van der Waals surface area contributed by atoms with Gasteiger partial charge < -0.3 is 24.1 Å². The first-order valence-electron chi connectivity index (χ1n) is 14.7. The predicted molar refractivity (Wildman–Crippen MR) is 162 cm³/mol. The minimum Gasteiger partial charge on any atom is -0.484 e. The molecule has 4 aromatic rings. The fraction of sp³-hybridized carbons (Fsp3) is 0.353. The number of aromatic nitrogens is 1. The van der Waals surface area contributed by atoms with Gasteiger partial charge in [-0.15, -0.1) is 0 Å². The molecule has 0 radical (unpaired) electrons. The number of carbonyl (C=O) groups excluding carboxylic acids is 2. The monoisotopic (exact) mass is 604 g/mol. The summed E-state index contributed by atoms with van der Waals surface area (Å²) in [5, 5.41) is 1.77. The van der Waals surface area contributed by atoms with E-state index < -0.39 is 0 Å². The molecule has 3 atom stereocenters. The van der Waals surface area contributed by atoms with E-state index in [1.165, 1.54) is 29.8 Å². The van der Waals surface area contributed by atoms with E-state index in [2.05, 4.69) is 4.98 Å². The Morgan fingerprint density at radius 2 is 1.77 bits per heavy atom. The molecule has 6 rings (SSSR count). The molecule has 3 aromatic carbocycles. The van der Waals surface area contributed by atoms with Gasteiger partial charge in [-0.05, 0) is 90.9 Å². The van der Waals surface area contributed by atoms with Gasteiger partial charge >= 0.3 is 5.97 Å². The number of aromatic amines is 1. The highest BCUT2D eigenvalue weighted by atomic mass is 35.5. The van der Waals surface area contributed by atoms with Crippen LogP contribution in [0.2, 0.25) is 5.02 Å². The quantitative estimate of drug-likeness (QED) is 0.147. The molecule has 1 N–H and O–H groups in total. The normalized spacial score (nSPS) is 19.4. The van der Waals surface area contributed by atoms with Crippen LogP contribution in [0.15, 0.2) is 66.7 Å². The van der Waals surface area contributed by atoms with Gasteiger partial charge in [-0.3, -0.25) is 9.59 Å². The largest absolute Gasteiger partial charge is 0.484 e. The molecule has 1 aliphatic heterocycles. The van der Waals surface area contributed by atoms with Gasteiger partial charge in [-0.25, -0.2) is 4.39 Å². The summed E-state index contributed by atoms with van der Waals surface area (Å²) in [7, 11) is 0. The van der Waals surface area contributed by atoms with Crippen LogP contribution in [-0.4, -0.2) is 54.7 Å². The number of esters is 1. The maximum atomic E-state index is 13.4. The molecule has 1 fully saturated rings. The van der Waals surface area contributed by atoms with Gasteiger partial charge in [0.25, 0.3) is 5.91 Å². The maximum absolute atomic E-state index is 13.4. The van der Waals surface area contributed by atoms with Crippen molar-refractivity contribution in [2.45, 2.75) is 32.1 Å². The number of ether oxygens (including phenoxy) is 3. The van der Waals surface area contributed by atoms with Crippen molar-refractivity contribution in [2.75, 3.05) is 32.9 Å². The number of hydrogen-bond acceptors (Lipinski definition) is 5. The maximum Gasteiger partial charge on any atom is 0.314 e. The Bertz CT molecular complexity index is 1600. The highest BCUT2D eigenvalue weighted by Crippen LogP contribution is 2.43. The van der Waals surface area contributed by atoms with E-state index in [-0.39, 0.29) is 42.1 Å². The van der Waals surface area contributed by atoms with Crippen molar-refractivity contribution in [3.8, 4) is 11.5 Å². The third-order valence-electron chi connectivity index (χ3n) is 8.67. The molecule has 1 amide bonds.